The zero-order chi connectivity index (χ0) is 21.7. The second kappa shape index (κ2) is 7.03. The van der Waals surface area contributed by atoms with Gasteiger partial charge in [0.15, 0.2) is 5.79 Å². The smallest absolute Gasteiger partial charge is 0.302 e. The van der Waals surface area contributed by atoms with Gasteiger partial charge in [0.1, 0.15) is 18.3 Å². The molecule has 4 heterocycles. The molecule has 4 rings (SSSR count). The Morgan fingerprint density at radius 3 is 2.52 bits per heavy atom. The van der Waals surface area contributed by atoms with E-state index in [-0.39, 0.29) is 31.8 Å². The van der Waals surface area contributed by atoms with E-state index in [0.29, 0.717) is 0 Å². The minimum absolute atomic E-state index is 0.0412. The minimum Gasteiger partial charge on any atom is -0.462 e. The van der Waals surface area contributed by atoms with Gasteiger partial charge in [-0.05, 0) is 38.8 Å². The largest absolute Gasteiger partial charge is 0.462 e. The molecule has 4 fully saturated rings. The van der Waals surface area contributed by atoms with Gasteiger partial charge in [-0.1, -0.05) is 0 Å². The lowest BCUT2D eigenvalue weighted by Gasteiger charge is -2.50. The van der Waals surface area contributed by atoms with Gasteiger partial charge in [0, 0.05) is 6.92 Å². The number of hydrogen-bond acceptors (Lipinski definition) is 9. The molecule has 0 aliphatic carbocycles. The summed E-state index contributed by atoms with van der Waals surface area (Å²) >= 11 is 0. The highest BCUT2D eigenvalue weighted by molar-refractivity contribution is 6.03. The Hall–Kier alpha value is -2.05. The number of aliphatic hydroxyl groups excluding tert-OH is 1. The van der Waals surface area contributed by atoms with Crippen molar-refractivity contribution in [3.05, 3.63) is 11.6 Å². The number of carbonyl (C=O) groups is 3. The maximum Gasteiger partial charge on any atom is 0.302 e. The number of esters is 1. The molecule has 4 aliphatic heterocycles. The number of fused-ring (bicyclic) bond motifs is 5. The van der Waals surface area contributed by atoms with Crippen LogP contribution in [0, 0.1) is 0 Å². The van der Waals surface area contributed by atoms with E-state index in [1.807, 2.05) is 0 Å². The lowest BCUT2D eigenvalue weighted by atomic mass is 9.84. The molecular weight excluding hydrogens is 388 g/mol. The van der Waals surface area contributed by atoms with Crippen molar-refractivity contribution in [2.75, 3.05) is 19.8 Å². The van der Waals surface area contributed by atoms with Crippen molar-refractivity contribution in [1.82, 2.24) is 10.6 Å². The number of nitrogens with one attached hydrogen (secondary N) is 2. The molecule has 0 radical (unpaired) electrons. The molecule has 29 heavy (non-hydrogen) atoms. The van der Waals surface area contributed by atoms with Gasteiger partial charge in [-0.15, -0.1) is 0 Å². The Kier molecular flexibility index (Phi) is 5.25. The van der Waals surface area contributed by atoms with Crippen LogP contribution < -0.4 is 10.6 Å². The molecule has 162 valence electrons. The van der Waals surface area contributed by atoms with E-state index >= 15 is 0 Å². The molecule has 0 saturated carbocycles. The Labute approximate surface area is 167 Å². The average Bonchev–Trinajstić information content (AvgIpc) is 2.90. The molecular formula is C18H26N2O9. The van der Waals surface area contributed by atoms with Crippen molar-refractivity contribution >= 4 is 17.8 Å². The first-order valence-electron chi connectivity index (χ1n) is 9.21. The Bertz CT molecular complexity index is 766. The van der Waals surface area contributed by atoms with Crippen molar-refractivity contribution in [2.45, 2.75) is 63.1 Å². The standard InChI is InChI=1S/C18H26N2O9/c1-10(21)26-7-5-11-6-8-27-18(14(24)19-17(11,25)13(23)20-18)12(22)16(4)9-28-15(2,3)29-16/h5,12,22,25H,6-9H2,1-4H3,(H,19,24)(H,20,23)/b11-5+/t12-,16+,17-,18+/m1/s1. The van der Waals surface area contributed by atoms with E-state index in [2.05, 4.69) is 10.6 Å². The molecule has 4 aliphatic rings. The third-order valence-electron chi connectivity index (χ3n) is 5.19. The zero-order valence-corrected chi connectivity index (χ0v) is 16.7. The van der Waals surface area contributed by atoms with E-state index in [1.54, 1.807) is 13.8 Å². The Balaban J connectivity index is 1.90. The molecule has 0 aromatic heterocycles. The summed E-state index contributed by atoms with van der Waals surface area (Å²) in [6.45, 7) is 5.71. The predicted molar refractivity (Wildman–Crippen MR) is 94.8 cm³/mol. The zero-order valence-electron chi connectivity index (χ0n) is 16.7. The molecule has 4 N–H and O–H groups in total. The van der Waals surface area contributed by atoms with Crippen molar-refractivity contribution in [3.63, 3.8) is 0 Å². The van der Waals surface area contributed by atoms with Crippen LogP contribution in [0.15, 0.2) is 11.6 Å². The molecule has 11 heteroatoms. The summed E-state index contributed by atoms with van der Waals surface area (Å²) in [6, 6.07) is 0. The van der Waals surface area contributed by atoms with Crippen molar-refractivity contribution in [2.24, 2.45) is 0 Å². The quantitative estimate of drug-likeness (QED) is 0.316. The van der Waals surface area contributed by atoms with Crippen LogP contribution in [-0.2, 0) is 33.3 Å². The Morgan fingerprint density at radius 1 is 1.24 bits per heavy atom. The number of aliphatic hydroxyl groups is 2. The number of piperazine rings is 1. The average molecular weight is 414 g/mol. The highest BCUT2D eigenvalue weighted by Gasteiger charge is 2.65. The van der Waals surface area contributed by atoms with Crippen LogP contribution in [0.1, 0.15) is 34.1 Å². The monoisotopic (exact) mass is 414 g/mol. The summed E-state index contributed by atoms with van der Waals surface area (Å²) in [7, 11) is 0. The van der Waals surface area contributed by atoms with Gasteiger partial charge >= 0.3 is 5.97 Å². The van der Waals surface area contributed by atoms with Crippen LogP contribution in [0.5, 0.6) is 0 Å². The fourth-order valence-electron chi connectivity index (χ4n) is 3.74. The summed E-state index contributed by atoms with van der Waals surface area (Å²) < 4.78 is 21.7. The summed E-state index contributed by atoms with van der Waals surface area (Å²) in [6.07, 6.45) is -0.270. The molecule has 2 amide bonds. The van der Waals surface area contributed by atoms with Gasteiger partial charge in [-0.2, -0.15) is 0 Å². The van der Waals surface area contributed by atoms with Crippen LogP contribution in [0.3, 0.4) is 0 Å². The topological polar surface area (TPSA) is 153 Å². The first-order valence-corrected chi connectivity index (χ1v) is 9.21. The van der Waals surface area contributed by atoms with Crippen molar-refractivity contribution in [1.29, 1.82) is 0 Å². The van der Waals surface area contributed by atoms with Crippen molar-refractivity contribution < 1.29 is 43.5 Å². The highest BCUT2D eigenvalue weighted by atomic mass is 16.8. The van der Waals surface area contributed by atoms with E-state index < -0.39 is 46.7 Å². The molecule has 4 saturated heterocycles. The number of hydrogen-bond donors (Lipinski definition) is 4. The van der Waals surface area contributed by atoms with Gasteiger partial charge in [0.05, 0.1) is 13.2 Å². The lowest BCUT2D eigenvalue weighted by Crippen LogP contribution is -2.82. The van der Waals surface area contributed by atoms with Crippen LogP contribution >= 0.6 is 0 Å². The highest BCUT2D eigenvalue weighted by Crippen LogP contribution is 2.40. The number of rotatable bonds is 4. The first-order chi connectivity index (χ1) is 13.3. The maximum absolute atomic E-state index is 13.0. The second-order valence-electron chi connectivity index (χ2n) is 7.99. The van der Waals surface area contributed by atoms with Gasteiger partial charge in [0.25, 0.3) is 17.5 Å². The van der Waals surface area contributed by atoms with E-state index in [4.69, 9.17) is 18.9 Å². The second-order valence-corrected chi connectivity index (χ2v) is 7.99. The fourth-order valence-corrected chi connectivity index (χ4v) is 3.74. The van der Waals surface area contributed by atoms with Crippen LogP contribution in [-0.4, -0.2) is 76.8 Å². The predicted octanol–water partition coefficient (Wildman–Crippen LogP) is -1.57. The number of carbonyl (C=O) groups excluding carboxylic acids is 3. The van der Waals surface area contributed by atoms with E-state index in [1.165, 1.54) is 19.9 Å². The van der Waals surface area contributed by atoms with Crippen LogP contribution in [0.25, 0.3) is 0 Å². The summed E-state index contributed by atoms with van der Waals surface area (Å²) in [5.74, 6) is -3.48. The fraction of sp³-hybridized carbons (Fsp3) is 0.722. The third kappa shape index (κ3) is 3.64. The van der Waals surface area contributed by atoms with E-state index in [0.717, 1.165) is 0 Å². The van der Waals surface area contributed by atoms with Crippen LogP contribution in [0.4, 0.5) is 0 Å². The van der Waals surface area contributed by atoms with Gasteiger partial charge < -0.3 is 39.8 Å². The first kappa shape index (κ1) is 21.7. The van der Waals surface area contributed by atoms with E-state index in [9.17, 15) is 24.6 Å². The van der Waals surface area contributed by atoms with Crippen LogP contribution in [0.2, 0.25) is 0 Å². The molecule has 11 nitrogen and oxygen atoms in total. The minimum atomic E-state index is -2.36. The SMILES string of the molecule is CC(=O)OC/C=C1\CCO[C@]2([C@H](O)[C@]3(C)COC(C)(C)O3)NC(=O)[C@@]1(O)NC2=O. The number of ether oxygens (including phenoxy) is 4. The third-order valence-corrected chi connectivity index (χ3v) is 5.19. The molecule has 0 spiro atoms. The van der Waals surface area contributed by atoms with Gasteiger partial charge in [-0.3, -0.25) is 14.4 Å². The molecule has 2 bridgehead atoms. The number of amides is 2. The van der Waals surface area contributed by atoms with Crippen molar-refractivity contribution in [3.8, 4) is 0 Å². The summed E-state index contributed by atoms with van der Waals surface area (Å²) in [5.41, 5.74) is -5.81. The van der Waals surface area contributed by atoms with Gasteiger partial charge in [0.2, 0.25) is 5.72 Å². The summed E-state index contributed by atoms with van der Waals surface area (Å²) in [5, 5.41) is 26.4. The molecule has 0 aromatic carbocycles. The maximum atomic E-state index is 13.0. The van der Waals surface area contributed by atoms with Gasteiger partial charge in [-0.25, -0.2) is 0 Å². The molecule has 0 unspecified atom stereocenters. The molecule has 0 aromatic rings. The summed E-state index contributed by atoms with van der Waals surface area (Å²) in [4.78, 5) is 36.7. The molecule has 4 atom stereocenters. The normalized spacial score (nSPS) is 38.8. The Morgan fingerprint density at radius 2 is 1.93 bits per heavy atom. The lowest BCUT2D eigenvalue weighted by molar-refractivity contribution is -0.240.